The Bertz CT molecular complexity index is 977. The van der Waals surface area contributed by atoms with Crippen LogP contribution in [0.3, 0.4) is 0 Å². The van der Waals surface area contributed by atoms with Crippen LogP contribution in [0.25, 0.3) is 0 Å². The number of aromatic nitrogens is 1. The first-order valence-corrected chi connectivity index (χ1v) is 9.02. The molecule has 0 atom stereocenters. The molecular formula is C22H22FN3O3. The largest absolute Gasteiger partial charge is 0.493 e. The zero-order valence-electron chi connectivity index (χ0n) is 16.2. The molecule has 2 N–H and O–H groups in total. The molecule has 1 heterocycles. The Kier molecular flexibility index (Phi) is 6.63. The minimum Gasteiger partial charge on any atom is -0.493 e. The number of pyridine rings is 1. The van der Waals surface area contributed by atoms with Gasteiger partial charge in [-0.3, -0.25) is 4.79 Å². The number of methoxy groups -OCH3 is 2. The predicted octanol–water partition coefficient (Wildman–Crippen LogP) is 3.78. The highest BCUT2D eigenvalue weighted by Crippen LogP contribution is 2.27. The van der Waals surface area contributed by atoms with E-state index in [1.807, 2.05) is 18.2 Å². The Morgan fingerprint density at radius 1 is 0.931 bits per heavy atom. The zero-order valence-corrected chi connectivity index (χ0v) is 16.2. The maximum absolute atomic E-state index is 13.0. The number of carbonyl (C=O) groups is 1. The molecule has 1 aromatic heterocycles. The van der Waals surface area contributed by atoms with E-state index < -0.39 is 0 Å². The lowest BCUT2D eigenvalue weighted by atomic mass is 10.2. The fourth-order valence-electron chi connectivity index (χ4n) is 2.74. The molecule has 29 heavy (non-hydrogen) atoms. The van der Waals surface area contributed by atoms with Gasteiger partial charge in [0.05, 0.1) is 14.2 Å². The average Bonchev–Trinajstić information content (AvgIpc) is 2.77. The van der Waals surface area contributed by atoms with Crippen molar-refractivity contribution in [1.29, 1.82) is 0 Å². The van der Waals surface area contributed by atoms with Crippen molar-refractivity contribution >= 4 is 11.7 Å². The summed E-state index contributed by atoms with van der Waals surface area (Å²) in [4.78, 5) is 16.6. The Balaban J connectivity index is 1.60. The van der Waals surface area contributed by atoms with Crippen LogP contribution < -0.4 is 20.1 Å². The Hall–Kier alpha value is -3.61. The third-order valence-electron chi connectivity index (χ3n) is 4.31. The van der Waals surface area contributed by atoms with Gasteiger partial charge in [0, 0.05) is 24.8 Å². The number of amides is 1. The van der Waals surface area contributed by atoms with Gasteiger partial charge >= 0.3 is 0 Å². The van der Waals surface area contributed by atoms with E-state index in [1.165, 1.54) is 12.1 Å². The standard InChI is InChI=1S/C22H22FN3O3/c1-28-19-8-5-16(11-20(19)29-2)14-25-21-12-17(9-10-24-21)22(27)26-13-15-3-6-18(23)7-4-15/h3-12H,13-14H2,1-2H3,(H,24,25)(H,26,27). The van der Waals surface area contributed by atoms with Gasteiger partial charge in [0.1, 0.15) is 11.6 Å². The van der Waals surface area contributed by atoms with Crippen molar-refractivity contribution in [3.05, 3.63) is 83.3 Å². The van der Waals surface area contributed by atoms with Gasteiger partial charge in [-0.25, -0.2) is 9.37 Å². The molecule has 7 heteroatoms. The highest BCUT2D eigenvalue weighted by Gasteiger charge is 2.08. The number of benzene rings is 2. The molecule has 0 spiro atoms. The van der Waals surface area contributed by atoms with E-state index in [0.29, 0.717) is 36.0 Å². The van der Waals surface area contributed by atoms with Crippen LogP contribution in [0, 0.1) is 5.82 Å². The molecule has 3 rings (SSSR count). The van der Waals surface area contributed by atoms with Crippen molar-refractivity contribution in [3.8, 4) is 11.5 Å². The number of hydrogen-bond acceptors (Lipinski definition) is 5. The molecule has 3 aromatic rings. The van der Waals surface area contributed by atoms with E-state index >= 15 is 0 Å². The maximum atomic E-state index is 13.0. The monoisotopic (exact) mass is 395 g/mol. The number of anilines is 1. The first kappa shape index (κ1) is 20.1. The molecule has 0 bridgehead atoms. The van der Waals surface area contributed by atoms with Crippen LogP contribution in [0.2, 0.25) is 0 Å². The first-order chi connectivity index (χ1) is 14.1. The highest BCUT2D eigenvalue weighted by molar-refractivity contribution is 5.94. The van der Waals surface area contributed by atoms with Crippen LogP contribution in [0.5, 0.6) is 11.5 Å². The summed E-state index contributed by atoms with van der Waals surface area (Å²) in [6.07, 6.45) is 1.57. The van der Waals surface area contributed by atoms with Crippen LogP contribution in [0.4, 0.5) is 10.2 Å². The third-order valence-corrected chi connectivity index (χ3v) is 4.31. The van der Waals surface area contributed by atoms with Crippen molar-refractivity contribution in [1.82, 2.24) is 10.3 Å². The second-order valence-corrected chi connectivity index (χ2v) is 6.28. The molecule has 0 radical (unpaired) electrons. The number of rotatable bonds is 8. The predicted molar refractivity (Wildman–Crippen MR) is 109 cm³/mol. The van der Waals surface area contributed by atoms with Crippen molar-refractivity contribution in [3.63, 3.8) is 0 Å². The summed E-state index contributed by atoms with van der Waals surface area (Å²) < 4.78 is 23.5. The topological polar surface area (TPSA) is 72.5 Å². The van der Waals surface area contributed by atoms with Crippen molar-refractivity contribution in [2.45, 2.75) is 13.1 Å². The number of halogens is 1. The molecule has 2 aromatic carbocycles. The Morgan fingerprint density at radius 2 is 1.66 bits per heavy atom. The van der Waals surface area contributed by atoms with Gasteiger partial charge < -0.3 is 20.1 Å². The van der Waals surface area contributed by atoms with Gasteiger partial charge in [-0.2, -0.15) is 0 Å². The molecule has 0 aliphatic carbocycles. The van der Waals surface area contributed by atoms with E-state index in [1.54, 1.807) is 44.7 Å². The molecule has 6 nitrogen and oxygen atoms in total. The molecule has 0 aliphatic rings. The lowest BCUT2D eigenvalue weighted by Gasteiger charge is -2.11. The summed E-state index contributed by atoms with van der Waals surface area (Å²) in [5, 5.41) is 6.01. The van der Waals surface area contributed by atoms with Gasteiger partial charge in [0.15, 0.2) is 11.5 Å². The van der Waals surface area contributed by atoms with Crippen LogP contribution in [-0.4, -0.2) is 25.1 Å². The Morgan fingerprint density at radius 3 is 2.38 bits per heavy atom. The van der Waals surface area contributed by atoms with Crippen molar-refractivity contribution < 1.29 is 18.7 Å². The van der Waals surface area contributed by atoms with Crippen LogP contribution in [-0.2, 0) is 13.1 Å². The smallest absolute Gasteiger partial charge is 0.251 e. The summed E-state index contributed by atoms with van der Waals surface area (Å²) in [6, 6.07) is 15.0. The minimum absolute atomic E-state index is 0.231. The second-order valence-electron chi connectivity index (χ2n) is 6.28. The molecule has 0 saturated heterocycles. The van der Waals surface area contributed by atoms with Crippen molar-refractivity contribution in [2.75, 3.05) is 19.5 Å². The van der Waals surface area contributed by atoms with E-state index in [0.717, 1.165) is 11.1 Å². The number of hydrogen-bond donors (Lipinski definition) is 2. The average molecular weight is 395 g/mol. The SMILES string of the molecule is COc1ccc(CNc2cc(C(=O)NCc3ccc(F)cc3)ccn2)cc1OC. The number of nitrogens with one attached hydrogen (secondary N) is 2. The maximum Gasteiger partial charge on any atom is 0.251 e. The molecule has 1 amide bonds. The zero-order chi connectivity index (χ0) is 20.6. The fraction of sp³-hybridized carbons (Fsp3) is 0.182. The van der Waals surface area contributed by atoms with Gasteiger partial charge in [-0.1, -0.05) is 18.2 Å². The van der Waals surface area contributed by atoms with E-state index in [4.69, 9.17) is 9.47 Å². The van der Waals surface area contributed by atoms with Gasteiger partial charge in [-0.15, -0.1) is 0 Å². The van der Waals surface area contributed by atoms with Crippen LogP contribution in [0.1, 0.15) is 21.5 Å². The summed E-state index contributed by atoms with van der Waals surface area (Å²) in [5.41, 5.74) is 2.29. The molecule has 0 fully saturated rings. The molecule has 0 saturated carbocycles. The highest BCUT2D eigenvalue weighted by atomic mass is 19.1. The van der Waals surface area contributed by atoms with E-state index in [9.17, 15) is 9.18 Å². The molecular weight excluding hydrogens is 373 g/mol. The van der Waals surface area contributed by atoms with Gasteiger partial charge in [0.2, 0.25) is 0 Å². The normalized spacial score (nSPS) is 10.3. The van der Waals surface area contributed by atoms with E-state index in [-0.39, 0.29) is 11.7 Å². The number of nitrogens with zero attached hydrogens (tertiary/aromatic N) is 1. The number of carbonyl (C=O) groups excluding carboxylic acids is 1. The number of ether oxygens (including phenoxy) is 2. The fourth-order valence-corrected chi connectivity index (χ4v) is 2.74. The first-order valence-electron chi connectivity index (χ1n) is 9.02. The van der Waals surface area contributed by atoms with Crippen LogP contribution in [0.15, 0.2) is 60.8 Å². The van der Waals surface area contributed by atoms with E-state index in [2.05, 4.69) is 15.6 Å². The third kappa shape index (κ3) is 5.44. The van der Waals surface area contributed by atoms with Crippen LogP contribution >= 0.6 is 0 Å². The second kappa shape index (κ2) is 9.54. The molecule has 0 aliphatic heterocycles. The quantitative estimate of drug-likeness (QED) is 0.607. The van der Waals surface area contributed by atoms with Crippen molar-refractivity contribution in [2.24, 2.45) is 0 Å². The molecule has 150 valence electrons. The molecule has 0 unspecified atom stereocenters. The van der Waals surface area contributed by atoms with Gasteiger partial charge in [0.25, 0.3) is 5.91 Å². The Labute approximate surface area is 168 Å². The summed E-state index contributed by atoms with van der Waals surface area (Å²) in [6.45, 7) is 0.823. The summed E-state index contributed by atoms with van der Waals surface area (Å²) in [7, 11) is 3.18. The summed E-state index contributed by atoms with van der Waals surface area (Å²) in [5.74, 6) is 1.35. The summed E-state index contributed by atoms with van der Waals surface area (Å²) >= 11 is 0. The van der Waals surface area contributed by atoms with Gasteiger partial charge in [-0.05, 0) is 47.5 Å². The lowest BCUT2D eigenvalue weighted by molar-refractivity contribution is 0.0951. The lowest BCUT2D eigenvalue weighted by Crippen LogP contribution is -2.23. The minimum atomic E-state index is -0.306.